The highest BCUT2D eigenvalue weighted by Crippen LogP contribution is 2.38. The first-order valence-electron chi connectivity index (χ1n) is 28.4. The van der Waals surface area contributed by atoms with E-state index in [4.69, 9.17) is 28.4 Å². The molecule has 0 bridgehead atoms. The summed E-state index contributed by atoms with van der Waals surface area (Å²) in [6, 6.07) is -2.52. The molecule has 23 heteroatoms. The Bertz CT molecular complexity index is 1590. The van der Waals surface area contributed by atoms with Crippen LogP contribution < -0.4 is 10.6 Å². The normalized spacial score (nSPS) is 31.6. The molecule has 0 aliphatic carbocycles. The number of carbonyl (C=O) groups excluding carboxylic acids is 2. The number of carboxylic acid groups (broad SMARTS) is 1. The van der Waals surface area contributed by atoms with Gasteiger partial charge in [0.2, 0.25) is 11.8 Å². The Morgan fingerprint density at radius 3 is 1.64 bits per heavy atom. The van der Waals surface area contributed by atoms with Crippen molar-refractivity contribution in [3.63, 3.8) is 0 Å². The highest BCUT2D eigenvalue weighted by molar-refractivity contribution is 5.77. The molecule has 3 saturated heterocycles. The Morgan fingerprint density at radius 2 is 1.14 bits per heavy atom. The largest absolute Gasteiger partial charge is 0.477 e. The smallest absolute Gasteiger partial charge is 0.364 e. The summed E-state index contributed by atoms with van der Waals surface area (Å²) >= 11 is 0. The third kappa shape index (κ3) is 22.0. The van der Waals surface area contributed by atoms with Crippen LogP contribution in [0.25, 0.3) is 0 Å². The fourth-order valence-corrected chi connectivity index (χ4v) is 10.2. The maximum absolute atomic E-state index is 13.3. The number of aliphatic hydroxyl groups excluding tert-OH is 11. The van der Waals surface area contributed by atoms with Crippen molar-refractivity contribution in [1.82, 2.24) is 10.6 Å². The summed E-state index contributed by atoms with van der Waals surface area (Å²) in [7, 11) is 0. The van der Waals surface area contributed by atoms with Crippen LogP contribution in [0.3, 0.4) is 0 Å². The van der Waals surface area contributed by atoms with Gasteiger partial charge < -0.3 is 100 Å². The summed E-state index contributed by atoms with van der Waals surface area (Å²) in [6.07, 6.45) is -4.03. The number of rotatable bonds is 40. The molecule has 446 valence electrons. The van der Waals surface area contributed by atoms with E-state index in [0.717, 1.165) is 58.3 Å². The molecule has 3 heterocycles. The second kappa shape index (κ2) is 36.9. The zero-order chi connectivity index (χ0) is 56.2. The van der Waals surface area contributed by atoms with Crippen molar-refractivity contribution in [1.29, 1.82) is 0 Å². The molecule has 3 aliphatic heterocycles. The third-order valence-electron chi connectivity index (χ3n) is 14.8. The fraction of sp³-hybridized carbons (Fsp3) is 0.943. The van der Waals surface area contributed by atoms with Crippen LogP contribution in [0.4, 0.5) is 0 Å². The van der Waals surface area contributed by atoms with Gasteiger partial charge >= 0.3 is 5.97 Å². The van der Waals surface area contributed by atoms with Crippen molar-refractivity contribution in [2.24, 2.45) is 0 Å². The lowest BCUT2D eigenvalue weighted by molar-refractivity contribution is -0.386. The number of hydrogen-bond donors (Lipinski definition) is 14. The van der Waals surface area contributed by atoms with E-state index in [1.54, 1.807) is 0 Å². The Kier molecular flexibility index (Phi) is 33.0. The van der Waals surface area contributed by atoms with Gasteiger partial charge in [0, 0.05) is 19.8 Å². The quantitative estimate of drug-likeness (QED) is 0.0381. The molecule has 0 aromatic heterocycles. The third-order valence-corrected chi connectivity index (χ3v) is 14.8. The lowest BCUT2D eigenvalue weighted by atomic mass is 9.88. The van der Waals surface area contributed by atoms with Gasteiger partial charge in [0.05, 0.1) is 50.7 Å². The van der Waals surface area contributed by atoms with Crippen LogP contribution >= 0.6 is 0 Å². The standard InChI is InChI=1S/C53H98N2O21/c1-4-6-8-10-12-14-15-16-17-19-21-23-25-27-40(63)55-34(35(60)26-24-22-20-18-13-11-9-7-5-2)32-71-50-45(67)44(66)47(39(31-58)73-50)74-51-46(68)49(43(65)38(30-57)72-51)76-53(52(69)70)28-36(61)41(54-33(3)59)48(75-53)42(64)37(62)29-56/h34-39,41-51,56-58,60-62,64-68H,4-32H2,1-3H3,(H,54,59)(H,55,63)(H,69,70). The lowest BCUT2D eigenvalue weighted by Crippen LogP contribution is -2.70. The Balaban J connectivity index is 1.69. The van der Waals surface area contributed by atoms with Gasteiger partial charge in [-0.3, -0.25) is 9.59 Å². The number of aliphatic carboxylic acids is 1. The van der Waals surface area contributed by atoms with E-state index in [-0.39, 0.29) is 18.9 Å². The van der Waals surface area contributed by atoms with Crippen LogP contribution in [0.1, 0.15) is 181 Å². The number of ether oxygens (including phenoxy) is 6. The van der Waals surface area contributed by atoms with Crippen LogP contribution in [-0.4, -0.2) is 215 Å². The summed E-state index contributed by atoms with van der Waals surface area (Å²) < 4.78 is 34.6. The minimum absolute atomic E-state index is 0.227. The van der Waals surface area contributed by atoms with Crippen molar-refractivity contribution in [2.45, 2.75) is 291 Å². The number of unbranched alkanes of at least 4 members (excludes halogenated alkanes) is 20. The maximum Gasteiger partial charge on any atom is 0.364 e. The van der Waals surface area contributed by atoms with Gasteiger partial charge in [-0.15, -0.1) is 0 Å². The number of carbonyl (C=O) groups is 3. The summed E-state index contributed by atoms with van der Waals surface area (Å²) in [4.78, 5) is 38.2. The molecule has 3 rings (SSSR count). The van der Waals surface area contributed by atoms with Crippen molar-refractivity contribution in [3.05, 3.63) is 0 Å². The molecule has 0 radical (unpaired) electrons. The minimum Gasteiger partial charge on any atom is -0.477 e. The van der Waals surface area contributed by atoms with Crippen LogP contribution in [0.2, 0.25) is 0 Å². The number of hydrogen-bond acceptors (Lipinski definition) is 20. The van der Waals surface area contributed by atoms with E-state index in [1.807, 2.05) is 0 Å². The van der Waals surface area contributed by atoms with Gasteiger partial charge in [0.25, 0.3) is 5.79 Å². The first-order chi connectivity index (χ1) is 36.4. The first-order valence-corrected chi connectivity index (χ1v) is 28.4. The van der Waals surface area contributed by atoms with Crippen molar-refractivity contribution in [3.8, 4) is 0 Å². The van der Waals surface area contributed by atoms with Crippen molar-refractivity contribution in [2.75, 3.05) is 26.4 Å². The van der Waals surface area contributed by atoms with Crippen LogP contribution in [0.5, 0.6) is 0 Å². The number of amides is 2. The zero-order valence-corrected chi connectivity index (χ0v) is 45.4. The van der Waals surface area contributed by atoms with Crippen LogP contribution in [0, 0.1) is 0 Å². The molecule has 0 aromatic rings. The van der Waals surface area contributed by atoms with Crippen LogP contribution in [0.15, 0.2) is 0 Å². The highest BCUT2D eigenvalue weighted by Gasteiger charge is 2.60. The predicted molar refractivity (Wildman–Crippen MR) is 274 cm³/mol. The molecule has 76 heavy (non-hydrogen) atoms. The van der Waals surface area contributed by atoms with E-state index in [1.165, 1.54) is 77.0 Å². The predicted octanol–water partition coefficient (Wildman–Crippen LogP) is 1.05. The van der Waals surface area contributed by atoms with Gasteiger partial charge in [0.15, 0.2) is 12.6 Å². The molecule has 23 nitrogen and oxygen atoms in total. The highest BCUT2D eigenvalue weighted by atomic mass is 16.8. The number of nitrogens with one attached hydrogen (secondary N) is 2. The Hall–Kier alpha value is -2.27. The molecule has 3 aliphatic rings. The molecular formula is C53H98N2O21. The summed E-state index contributed by atoms with van der Waals surface area (Å²) in [5, 5.41) is 135. The fourth-order valence-electron chi connectivity index (χ4n) is 10.2. The second-order valence-corrected chi connectivity index (χ2v) is 21.2. The maximum atomic E-state index is 13.3. The first kappa shape index (κ1) is 68.0. The molecule has 0 aromatic carbocycles. The molecule has 18 atom stereocenters. The summed E-state index contributed by atoms with van der Waals surface area (Å²) in [5.41, 5.74) is 0. The van der Waals surface area contributed by atoms with Gasteiger partial charge in [-0.2, -0.15) is 0 Å². The monoisotopic (exact) mass is 1100 g/mol. The molecule has 2 amide bonds. The molecule has 14 N–H and O–H groups in total. The van der Waals surface area contributed by atoms with E-state index in [9.17, 15) is 75.7 Å². The zero-order valence-electron chi connectivity index (χ0n) is 45.4. The van der Waals surface area contributed by atoms with Gasteiger partial charge in [0.1, 0.15) is 67.1 Å². The van der Waals surface area contributed by atoms with Gasteiger partial charge in [-0.25, -0.2) is 4.79 Å². The summed E-state index contributed by atoms with van der Waals surface area (Å²) in [5.74, 6) is -6.10. The Morgan fingerprint density at radius 1 is 0.632 bits per heavy atom. The topological polar surface area (TPSA) is 373 Å². The van der Waals surface area contributed by atoms with E-state index in [0.29, 0.717) is 19.3 Å². The van der Waals surface area contributed by atoms with E-state index in [2.05, 4.69) is 24.5 Å². The van der Waals surface area contributed by atoms with Gasteiger partial charge in [-0.1, -0.05) is 149 Å². The van der Waals surface area contributed by atoms with Gasteiger partial charge in [-0.05, 0) is 12.8 Å². The van der Waals surface area contributed by atoms with E-state index < -0.39 is 148 Å². The molecule has 0 saturated carbocycles. The van der Waals surface area contributed by atoms with E-state index >= 15 is 0 Å². The average Bonchev–Trinajstić information content (AvgIpc) is 3.39. The summed E-state index contributed by atoms with van der Waals surface area (Å²) in [6.45, 7) is 2.11. The van der Waals surface area contributed by atoms with Crippen molar-refractivity contribution >= 4 is 17.8 Å². The second-order valence-electron chi connectivity index (χ2n) is 21.2. The van der Waals surface area contributed by atoms with Crippen molar-refractivity contribution < 1.29 is 104 Å². The molecule has 3 fully saturated rings. The molecular weight excluding hydrogens is 1000 g/mol. The molecule has 0 spiro atoms. The van der Waals surface area contributed by atoms with Crippen LogP contribution in [-0.2, 0) is 42.8 Å². The lowest BCUT2D eigenvalue weighted by Gasteiger charge is -2.50. The minimum atomic E-state index is -3.07. The molecule has 18 unspecified atom stereocenters. The average molecular weight is 1100 g/mol. The number of carboxylic acids is 1. The Labute approximate surface area is 448 Å². The SMILES string of the molecule is CCCCCCCCCCCCCCCC(=O)NC(COC1OC(CO)C(OC2OC(CO)C(O)C(OC3(C(=O)O)CC(O)C(NC(C)=O)C(C(O)C(O)CO)O3)C2O)C(O)C1O)C(O)CCCCCCCCCCC. The number of aliphatic hydroxyl groups is 11.